The number of rotatable bonds is 4. The first-order valence-electron chi connectivity index (χ1n) is 9.90. The third kappa shape index (κ3) is 4.69. The van der Waals surface area contributed by atoms with Gasteiger partial charge in [0.15, 0.2) is 9.84 Å². The minimum Gasteiger partial charge on any atom is -0.367 e. The van der Waals surface area contributed by atoms with Crippen molar-refractivity contribution in [2.45, 2.75) is 17.1 Å². The van der Waals surface area contributed by atoms with E-state index in [4.69, 9.17) is 0 Å². The highest BCUT2D eigenvalue weighted by molar-refractivity contribution is 7.90. The van der Waals surface area contributed by atoms with Crippen LogP contribution in [0.3, 0.4) is 0 Å². The van der Waals surface area contributed by atoms with Crippen LogP contribution in [-0.2, 0) is 16.0 Å². The number of halogens is 3. The highest BCUT2D eigenvalue weighted by atomic mass is 32.2. The Kier molecular flexibility index (Phi) is 5.81. The van der Waals surface area contributed by atoms with Gasteiger partial charge in [-0.2, -0.15) is 13.2 Å². The summed E-state index contributed by atoms with van der Waals surface area (Å²) in [6.07, 6.45) is -2.29. The highest BCUT2D eigenvalue weighted by Crippen LogP contribution is 2.33. The minimum atomic E-state index is -4.56. The molecule has 32 heavy (non-hydrogen) atoms. The Morgan fingerprint density at radius 1 is 1.00 bits per heavy atom. The Balaban J connectivity index is 1.70. The van der Waals surface area contributed by atoms with Gasteiger partial charge in [-0.05, 0) is 29.8 Å². The Labute approximate surface area is 184 Å². The molecular formula is C22H21F3N4O2S. The first-order valence-corrected chi connectivity index (χ1v) is 11.8. The van der Waals surface area contributed by atoms with Gasteiger partial charge in [0, 0.05) is 37.8 Å². The van der Waals surface area contributed by atoms with E-state index in [9.17, 15) is 21.6 Å². The van der Waals surface area contributed by atoms with E-state index >= 15 is 0 Å². The molecule has 0 amide bonds. The van der Waals surface area contributed by atoms with Crippen LogP contribution in [0.15, 0.2) is 71.8 Å². The van der Waals surface area contributed by atoms with E-state index in [1.165, 1.54) is 0 Å². The van der Waals surface area contributed by atoms with E-state index in [0.29, 0.717) is 19.6 Å². The summed E-state index contributed by atoms with van der Waals surface area (Å²) in [5, 5.41) is 0. The molecule has 1 aliphatic rings. The van der Waals surface area contributed by atoms with Gasteiger partial charge in [0.2, 0.25) is 5.95 Å². The van der Waals surface area contributed by atoms with Crippen LogP contribution in [0.5, 0.6) is 0 Å². The predicted octanol–water partition coefficient (Wildman–Crippen LogP) is 3.97. The molecule has 1 fully saturated rings. The van der Waals surface area contributed by atoms with E-state index < -0.39 is 21.7 Å². The summed E-state index contributed by atoms with van der Waals surface area (Å²) >= 11 is 0. The molecule has 2 heterocycles. The summed E-state index contributed by atoms with van der Waals surface area (Å²) in [4.78, 5) is 11.9. The van der Waals surface area contributed by atoms with Crippen LogP contribution in [-0.4, -0.2) is 44.3 Å². The van der Waals surface area contributed by atoms with Gasteiger partial charge in [-0.25, -0.2) is 18.4 Å². The Morgan fingerprint density at radius 3 is 2.44 bits per heavy atom. The zero-order valence-corrected chi connectivity index (χ0v) is 18.0. The van der Waals surface area contributed by atoms with Crippen molar-refractivity contribution in [1.82, 2.24) is 9.97 Å². The number of piperazine rings is 1. The fraction of sp³-hybridized carbons (Fsp3) is 0.273. The van der Waals surface area contributed by atoms with Crippen LogP contribution in [0, 0.1) is 0 Å². The van der Waals surface area contributed by atoms with E-state index in [1.54, 1.807) is 23.1 Å². The van der Waals surface area contributed by atoms with E-state index in [-0.39, 0.29) is 16.9 Å². The molecule has 1 aliphatic heterocycles. The molecule has 0 aliphatic carbocycles. The maximum absolute atomic E-state index is 13.2. The van der Waals surface area contributed by atoms with Crippen LogP contribution >= 0.6 is 0 Å². The number of anilines is 2. The summed E-state index contributed by atoms with van der Waals surface area (Å²) in [5.41, 5.74) is 0.647. The van der Waals surface area contributed by atoms with E-state index in [2.05, 4.69) is 9.97 Å². The van der Waals surface area contributed by atoms with Crippen molar-refractivity contribution in [2.75, 3.05) is 35.7 Å². The van der Waals surface area contributed by atoms with E-state index in [0.717, 1.165) is 29.8 Å². The fourth-order valence-electron chi connectivity index (χ4n) is 3.77. The third-order valence-corrected chi connectivity index (χ3v) is 6.48. The number of hydrogen-bond acceptors (Lipinski definition) is 6. The lowest BCUT2D eigenvalue weighted by Crippen LogP contribution is -2.49. The lowest BCUT2D eigenvalue weighted by Gasteiger charge is -2.43. The first-order chi connectivity index (χ1) is 15.1. The standard InChI is InChI=1S/C22H21F3N4O2S/c1-32(30,31)18-9-5-8-17(14-18)28-12-13-29(19(15-28)16-6-3-2-4-7-16)21-26-11-10-20(27-21)22(23,24)25/h2-11,14,19H,12-13,15H2,1H3/t19-/m0/s1. The molecular weight excluding hydrogens is 441 g/mol. The fourth-order valence-corrected chi connectivity index (χ4v) is 4.43. The molecule has 0 radical (unpaired) electrons. The molecule has 1 saturated heterocycles. The number of alkyl halides is 3. The molecule has 4 rings (SSSR count). The maximum atomic E-state index is 13.2. The van der Waals surface area contributed by atoms with Crippen molar-refractivity contribution < 1.29 is 21.6 Å². The van der Waals surface area contributed by atoms with Gasteiger partial charge in [0.05, 0.1) is 10.9 Å². The van der Waals surface area contributed by atoms with Crippen LogP contribution in [0.1, 0.15) is 17.3 Å². The Hall–Kier alpha value is -3.14. The Morgan fingerprint density at radius 2 is 1.75 bits per heavy atom. The SMILES string of the molecule is CS(=O)(=O)c1cccc(N2CCN(c3nccc(C(F)(F)F)n3)[C@H](c3ccccc3)C2)c1. The third-order valence-electron chi connectivity index (χ3n) is 5.37. The molecule has 1 aromatic heterocycles. The molecule has 1 atom stereocenters. The van der Waals surface area contributed by atoms with Gasteiger partial charge < -0.3 is 9.80 Å². The predicted molar refractivity (Wildman–Crippen MR) is 115 cm³/mol. The second-order valence-electron chi connectivity index (χ2n) is 7.58. The smallest absolute Gasteiger partial charge is 0.367 e. The van der Waals surface area contributed by atoms with Crippen LogP contribution in [0.4, 0.5) is 24.8 Å². The van der Waals surface area contributed by atoms with Crippen LogP contribution in [0.2, 0.25) is 0 Å². The molecule has 0 bridgehead atoms. The number of nitrogens with zero attached hydrogens (tertiary/aromatic N) is 4. The maximum Gasteiger partial charge on any atom is 0.433 e. The molecule has 6 nitrogen and oxygen atoms in total. The lowest BCUT2D eigenvalue weighted by molar-refractivity contribution is -0.141. The molecule has 168 valence electrons. The monoisotopic (exact) mass is 462 g/mol. The van der Waals surface area contributed by atoms with Crippen molar-refractivity contribution in [2.24, 2.45) is 0 Å². The average Bonchev–Trinajstić information content (AvgIpc) is 2.78. The summed E-state index contributed by atoms with van der Waals surface area (Å²) in [7, 11) is -3.37. The molecule has 0 N–H and O–H groups in total. The molecule has 0 spiro atoms. The molecule has 0 unspecified atom stereocenters. The van der Waals surface area contributed by atoms with Crippen molar-refractivity contribution in [3.8, 4) is 0 Å². The first kappa shape index (κ1) is 22.1. The summed E-state index contributed by atoms with van der Waals surface area (Å²) in [5.74, 6) is 0.0122. The van der Waals surface area contributed by atoms with Crippen molar-refractivity contribution in [3.05, 3.63) is 78.1 Å². The number of hydrogen-bond donors (Lipinski definition) is 0. The summed E-state index contributed by atoms with van der Waals surface area (Å²) in [6.45, 7) is 1.26. The zero-order chi connectivity index (χ0) is 22.9. The second-order valence-corrected chi connectivity index (χ2v) is 9.59. The van der Waals surface area contributed by atoms with Crippen molar-refractivity contribution in [1.29, 1.82) is 0 Å². The van der Waals surface area contributed by atoms with Crippen molar-refractivity contribution in [3.63, 3.8) is 0 Å². The highest BCUT2D eigenvalue weighted by Gasteiger charge is 2.35. The minimum absolute atomic E-state index is 0.0122. The summed E-state index contributed by atoms with van der Waals surface area (Å²) in [6, 6.07) is 16.6. The van der Waals surface area contributed by atoms with Gasteiger partial charge in [0.25, 0.3) is 0 Å². The number of aromatic nitrogens is 2. The molecule has 3 aromatic rings. The second kappa shape index (κ2) is 8.42. The van der Waals surface area contributed by atoms with Gasteiger partial charge in [-0.1, -0.05) is 36.4 Å². The quantitative estimate of drug-likeness (QED) is 0.585. The van der Waals surface area contributed by atoms with Gasteiger partial charge >= 0.3 is 6.18 Å². The lowest BCUT2D eigenvalue weighted by atomic mass is 10.0. The van der Waals surface area contributed by atoms with Gasteiger partial charge in [0.1, 0.15) is 5.69 Å². The number of benzene rings is 2. The largest absolute Gasteiger partial charge is 0.433 e. The molecule has 0 saturated carbocycles. The average molecular weight is 462 g/mol. The number of sulfone groups is 1. The van der Waals surface area contributed by atoms with Crippen LogP contribution in [0.25, 0.3) is 0 Å². The van der Waals surface area contributed by atoms with Crippen molar-refractivity contribution >= 4 is 21.5 Å². The van der Waals surface area contributed by atoms with Gasteiger partial charge in [-0.3, -0.25) is 0 Å². The topological polar surface area (TPSA) is 66.4 Å². The van der Waals surface area contributed by atoms with Crippen LogP contribution < -0.4 is 9.80 Å². The normalized spacial score (nSPS) is 17.4. The van der Waals surface area contributed by atoms with E-state index in [1.807, 2.05) is 41.3 Å². The summed E-state index contributed by atoms with van der Waals surface area (Å²) < 4.78 is 63.6. The Bertz CT molecular complexity index is 1200. The zero-order valence-electron chi connectivity index (χ0n) is 17.2. The van der Waals surface area contributed by atoms with Gasteiger partial charge in [-0.15, -0.1) is 0 Å². The molecule has 10 heteroatoms. The molecule has 2 aromatic carbocycles.